The van der Waals surface area contributed by atoms with Crippen molar-refractivity contribution in [2.75, 3.05) is 23.3 Å². The number of halogens is 3. The van der Waals surface area contributed by atoms with Crippen molar-refractivity contribution in [1.82, 2.24) is 15.2 Å². The molecule has 0 bridgehead atoms. The van der Waals surface area contributed by atoms with Crippen LogP contribution in [0.1, 0.15) is 16.8 Å². The SMILES string of the molecule is O=C(Nc1nncs1)c1ccc(N2CCC(O)(C(F)(F)F)C2)nc1. The largest absolute Gasteiger partial charge is 0.418 e. The zero-order valence-electron chi connectivity index (χ0n) is 12.1. The van der Waals surface area contributed by atoms with Crippen LogP contribution in [0.2, 0.25) is 0 Å². The number of amides is 1. The molecule has 11 heteroatoms. The highest BCUT2D eigenvalue weighted by Gasteiger charge is 2.57. The van der Waals surface area contributed by atoms with E-state index in [1.54, 1.807) is 0 Å². The molecular formula is C13H12F3N5O2S. The topological polar surface area (TPSA) is 91.2 Å². The Morgan fingerprint density at radius 1 is 1.42 bits per heavy atom. The van der Waals surface area contributed by atoms with Gasteiger partial charge in [-0.2, -0.15) is 13.2 Å². The van der Waals surface area contributed by atoms with Crippen molar-refractivity contribution in [1.29, 1.82) is 0 Å². The molecule has 7 nitrogen and oxygen atoms in total. The summed E-state index contributed by atoms with van der Waals surface area (Å²) >= 11 is 1.15. The van der Waals surface area contributed by atoms with E-state index in [-0.39, 0.29) is 17.9 Å². The average Bonchev–Trinajstić information content (AvgIpc) is 3.17. The van der Waals surface area contributed by atoms with Gasteiger partial charge in [0.1, 0.15) is 11.3 Å². The van der Waals surface area contributed by atoms with E-state index in [9.17, 15) is 23.1 Å². The smallest absolute Gasteiger partial charge is 0.379 e. The van der Waals surface area contributed by atoms with Crippen LogP contribution in [0.3, 0.4) is 0 Å². The number of carbonyl (C=O) groups is 1. The Morgan fingerprint density at radius 3 is 2.75 bits per heavy atom. The molecule has 0 aliphatic carbocycles. The number of rotatable bonds is 3. The number of anilines is 2. The van der Waals surface area contributed by atoms with E-state index in [0.29, 0.717) is 5.13 Å². The Hall–Kier alpha value is -2.27. The zero-order valence-corrected chi connectivity index (χ0v) is 12.9. The monoisotopic (exact) mass is 359 g/mol. The van der Waals surface area contributed by atoms with E-state index >= 15 is 0 Å². The first-order chi connectivity index (χ1) is 11.3. The fraction of sp³-hybridized carbons (Fsp3) is 0.385. The van der Waals surface area contributed by atoms with Gasteiger partial charge >= 0.3 is 6.18 Å². The number of β-amino-alcohol motifs (C(OH)–C–C–N with tert-alkyl or cyclic N) is 1. The maximum atomic E-state index is 12.8. The number of carbonyl (C=O) groups excluding carboxylic acids is 1. The van der Waals surface area contributed by atoms with E-state index in [2.05, 4.69) is 20.5 Å². The predicted molar refractivity (Wildman–Crippen MR) is 79.9 cm³/mol. The summed E-state index contributed by atoms with van der Waals surface area (Å²) in [5, 5.41) is 19.8. The van der Waals surface area contributed by atoms with Crippen LogP contribution in [0.5, 0.6) is 0 Å². The Kier molecular flexibility index (Phi) is 4.13. The minimum Gasteiger partial charge on any atom is -0.379 e. The maximum absolute atomic E-state index is 12.8. The van der Waals surface area contributed by atoms with Crippen molar-refractivity contribution in [2.24, 2.45) is 0 Å². The molecule has 0 aromatic carbocycles. The van der Waals surface area contributed by atoms with Gasteiger partial charge in [-0.15, -0.1) is 10.2 Å². The summed E-state index contributed by atoms with van der Waals surface area (Å²) in [5.41, 5.74) is -1.03. The second-order valence-electron chi connectivity index (χ2n) is 5.30. The van der Waals surface area contributed by atoms with Gasteiger partial charge in [0, 0.05) is 19.2 Å². The molecule has 0 saturated carbocycles. The van der Waals surface area contributed by atoms with Gasteiger partial charge in [0.05, 0.1) is 12.1 Å². The summed E-state index contributed by atoms with van der Waals surface area (Å²) in [6.45, 7) is -0.556. The van der Waals surface area contributed by atoms with Crippen molar-refractivity contribution in [3.05, 3.63) is 29.4 Å². The number of aliphatic hydroxyl groups is 1. The van der Waals surface area contributed by atoms with Gasteiger partial charge in [-0.3, -0.25) is 10.1 Å². The lowest BCUT2D eigenvalue weighted by Gasteiger charge is -2.26. The molecule has 2 aromatic heterocycles. The molecule has 0 radical (unpaired) electrons. The van der Waals surface area contributed by atoms with Gasteiger partial charge in [-0.1, -0.05) is 11.3 Å². The second kappa shape index (κ2) is 5.98. The Morgan fingerprint density at radius 2 is 2.21 bits per heavy atom. The predicted octanol–water partition coefficient (Wildman–Crippen LogP) is 1.69. The number of hydrogen-bond acceptors (Lipinski definition) is 7. The lowest BCUT2D eigenvalue weighted by Crippen LogP contribution is -2.47. The lowest BCUT2D eigenvalue weighted by atomic mass is 10.0. The molecule has 1 aliphatic rings. The second-order valence-corrected chi connectivity index (χ2v) is 6.14. The first kappa shape index (κ1) is 16.6. The highest BCUT2D eigenvalue weighted by atomic mass is 32.1. The van der Waals surface area contributed by atoms with Crippen molar-refractivity contribution in [2.45, 2.75) is 18.2 Å². The Labute approximate surface area is 138 Å². The van der Waals surface area contributed by atoms with Crippen molar-refractivity contribution in [3.63, 3.8) is 0 Å². The quantitative estimate of drug-likeness (QED) is 0.867. The van der Waals surface area contributed by atoms with Crippen LogP contribution < -0.4 is 10.2 Å². The zero-order chi connectivity index (χ0) is 17.4. The third kappa shape index (κ3) is 3.17. The van der Waals surface area contributed by atoms with Crippen LogP contribution in [-0.2, 0) is 0 Å². The summed E-state index contributed by atoms with van der Waals surface area (Å²) in [6, 6.07) is 2.89. The molecule has 1 amide bonds. The molecule has 1 atom stereocenters. The number of nitrogens with one attached hydrogen (secondary N) is 1. The van der Waals surface area contributed by atoms with Crippen molar-refractivity contribution < 1.29 is 23.1 Å². The average molecular weight is 359 g/mol. The molecule has 24 heavy (non-hydrogen) atoms. The van der Waals surface area contributed by atoms with Gasteiger partial charge < -0.3 is 10.0 Å². The minimum absolute atomic E-state index is 0.0271. The molecule has 3 heterocycles. The molecule has 2 aromatic rings. The van der Waals surface area contributed by atoms with E-state index in [1.165, 1.54) is 28.7 Å². The standard InChI is InChI=1S/C13H12F3N5O2S/c14-13(15,16)12(23)3-4-21(6-12)9-2-1-8(5-17-9)10(22)19-11-20-18-7-24-11/h1-2,5,7,23H,3-4,6H2,(H,19,20,22). The van der Waals surface area contributed by atoms with E-state index in [4.69, 9.17) is 0 Å². The summed E-state index contributed by atoms with van der Waals surface area (Å²) < 4.78 is 38.5. The molecule has 1 unspecified atom stereocenters. The van der Waals surface area contributed by atoms with Crippen molar-refractivity contribution in [3.8, 4) is 0 Å². The normalized spacial score (nSPS) is 21.1. The number of nitrogens with zero attached hydrogens (tertiary/aromatic N) is 4. The minimum atomic E-state index is -4.69. The molecule has 1 fully saturated rings. The van der Waals surface area contributed by atoms with Gasteiger partial charge in [0.2, 0.25) is 5.13 Å². The first-order valence-corrected chi connectivity index (χ1v) is 7.74. The molecule has 1 aliphatic heterocycles. The lowest BCUT2D eigenvalue weighted by molar-refractivity contribution is -0.250. The Balaban J connectivity index is 1.68. The number of pyridine rings is 1. The van der Waals surface area contributed by atoms with E-state index in [0.717, 1.165) is 11.3 Å². The van der Waals surface area contributed by atoms with Crippen LogP contribution in [-0.4, -0.2) is 51.1 Å². The molecule has 1 saturated heterocycles. The molecular weight excluding hydrogens is 347 g/mol. The van der Waals surface area contributed by atoms with Crippen LogP contribution in [0.4, 0.5) is 24.1 Å². The maximum Gasteiger partial charge on any atom is 0.418 e. The van der Waals surface area contributed by atoms with Crippen LogP contribution >= 0.6 is 11.3 Å². The van der Waals surface area contributed by atoms with Crippen LogP contribution in [0, 0.1) is 0 Å². The van der Waals surface area contributed by atoms with Gasteiger partial charge in [0.15, 0.2) is 5.60 Å². The number of aromatic nitrogens is 3. The summed E-state index contributed by atoms with van der Waals surface area (Å²) in [5.74, 6) is -0.179. The van der Waals surface area contributed by atoms with Gasteiger partial charge in [0.25, 0.3) is 5.91 Å². The number of alkyl halides is 3. The summed E-state index contributed by atoms with van der Waals surface area (Å²) in [4.78, 5) is 17.3. The number of hydrogen-bond donors (Lipinski definition) is 2. The molecule has 128 valence electrons. The fourth-order valence-corrected chi connectivity index (χ4v) is 2.76. The van der Waals surface area contributed by atoms with Crippen LogP contribution in [0.25, 0.3) is 0 Å². The highest BCUT2D eigenvalue weighted by Crippen LogP contribution is 2.38. The third-order valence-electron chi connectivity index (χ3n) is 3.69. The third-order valence-corrected chi connectivity index (χ3v) is 4.30. The van der Waals surface area contributed by atoms with Gasteiger partial charge in [-0.05, 0) is 12.1 Å². The summed E-state index contributed by atoms with van der Waals surface area (Å²) in [7, 11) is 0. The molecule has 3 rings (SSSR count). The van der Waals surface area contributed by atoms with E-state index < -0.39 is 30.7 Å². The molecule has 2 N–H and O–H groups in total. The van der Waals surface area contributed by atoms with Crippen molar-refractivity contribution >= 4 is 28.2 Å². The first-order valence-electron chi connectivity index (χ1n) is 6.86. The highest BCUT2D eigenvalue weighted by molar-refractivity contribution is 7.13. The fourth-order valence-electron chi connectivity index (χ4n) is 2.32. The van der Waals surface area contributed by atoms with E-state index in [1.807, 2.05) is 0 Å². The van der Waals surface area contributed by atoms with Gasteiger partial charge in [-0.25, -0.2) is 4.98 Å². The van der Waals surface area contributed by atoms with Crippen LogP contribution in [0.15, 0.2) is 23.8 Å². The Bertz CT molecular complexity index is 722. The molecule has 0 spiro atoms. The summed E-state index contributed by atoms with van der Waals surface area (Å²) in [6.07, 6.45) is -3.85.